The summed E-state index contributed by atoms with van der Waals surface area (Å²) in [5.41, 5.74) is 6.82. The Bertz CT molecular complexity index is 776. The van der Waals surface area contributed by atoms with E-state index in [2.05, 4.69) is 46.4 Å². The highest BCUT2D eigenvalue weighted by atomic mass is 16.5. The van der Waals surface area contributed by atoms with E-state index in [4.69, 9.17) is 9.05 Å². The topological polar surface area (TPSA) is 55.3 Å². The maximum absolute atomic E-state index is 5.35. The van der Waals surface area contributed by atoms with Gasteiger partial charge < -0.3 is 9.05 Å². The van der Waals surface area contributed by atoms with Gasteiger partial charge in [0.25, 0.3) is 0 Å². The molecular weight excluding hydrogens is 314 g/mol. The minimum atomic E-state index is 0.777. The molecule has 0 fully saturated rings. The van der Waals surface area contributed by atoms with Crippen LogP contribution in [0.3, 0.4) is 0 Å². The van der Waals surface area contributed by atoms with Gasteiger partial charge in [-0.1, -0.05) is 34.6 Å². The van der Waals surface area contributed by atoms with Gasteiger partial charge in [0, 0.05) is 30.8 Å². The highest BCUT2D eigenvalue weighted by Crippen LogP contribution is 2.22. The zero-order chi connectivity index (χ0) is 18.0. The second-order valence-corrected chi connectivity index (χ2v) is 6.68. The molecule has 1 aromatic carbocycles. The van der Waals surface area contributed by atoms with Crippen LogP contribution in [0.5, 0.6) is 0 Å². The van der Waals surface area contributed by atoms with E-state index in [1.807, 2.05) is 27.7 Å². The first-order valence-corrected chi connectivity index (χ1v) is 8.56. The Balaban J connectivity index is 1.89. The minimum absolute atomic E-state index is 0.777. The third kappa shape index (κ3) is 3.82. The van der Waals surface area contributed by atoms with E-state index >= 15 is 0 Å². The Morgan fingerprint density at radius 3 is 1.72 bits per heavy atom. The monoisotopic (exact) mass is 339 g/mol. The van der Waals surface area contributed by atoms with Crippen LogP contribution in [-0.2, 0) is 19.6 Å². The van der Waals surface area contributed by atoms with Crippen molar-refractivity contribution in [2.45, 2.75) is 54.3 Å². The first-order chi connectivity index (χ1) is 12.0. The lowest BCUT2D eigenvalue weighted by Gasteiger charge is -2.23. The maximum atomic E-state index is 5.35. The third-order valence-corrected chi connectivity index (χ3v) is 4.78. The smallest absolute Gasteiger partial charge is 0.138 e. The summed E-state index contributed by atoms with van der Waals surface area (Å²) in [6, 6.07) is 8.50. The Labute approximate surface area is 148 Å². The molecule has 0 aliphatic heterocycles. The molecule has 2 heterocycles. The highest BCUT2D eigenvalue weighted by Gasteiger charge is 2.19. The standard InChI is InChI=1S/C20H25N3O2/c1-13-8-6-7-9-18(13)10-23(11-19-14(2)21-24-16(19)4)12-20-15(3)22-25-17(20)5/h6-9H,10-12H2,1-5H3. The number of hydrogen-bond donors (Lipinski definition) is 0. The van der Waals surface area contributed by atoms with Crippen LogP contribution in [0.1, 0.15) is 45.2 Å². The van der Waals surface area contributed by atoms with Gasteiger partial charge in [0.05, 0.1) is 11.4 Å². The summed E-state index contributed by atoms with van der Waals surface area (Å²) < 4.78 is 10.7. The van der Waals surface area contributed by atoms with Crippen LogP contribution >= 0.6 is 0 Å². The molecule has 3 aromatic rings. The molecular formula is C20H25N3O2. The lowest BCUT2D eigenvalue weighted by molar-refractivity contribution is 0.243. The van der Waals surface area contributed by atoms with E-state index in [0.29, 0.717) is 0 Å². The van der Waals surface area contributed by atoms with E-state index in [1.54, 1.807) is 0 Å². The summed E-state index contributed by atoms with van der Waals surface area (Å²) >= 11 is 0. The second kappa shape index (κ2) is 7.23. The van der Waals surface area contributed by atoms with Crippen molar-refractivity contribution in [3.8, 4) is 0 Å². The summed E-state index contributed by atoms with van der Waals surface area (Å²) in [7, 11) is 0. The fraction of sp³-hybridized carbons (Fsp3) is 0.400. The Kier molecular flexibility index (Phi) is 5.04. The lowest BCUT2D eigenvalue weighted by Crippen LogP contribution is -2.24. The van der Waals surface area contributed by atoms with Gasteiger partial charge in [0.2, 0.25) is 0 Å². The fourth-order valence-corrected chi connectivity index (χ4v) is 3.10. The van der Waals surface area contributed by atoms with Crippen molar-refractivity contribution >= 4 is 0 Å². The van der Waals surface area contributed by atoms with Gasteiger partial charge >= 0.3 is 0 Å². The number of rotatable bonds is 6. The molecule has 0 N–H and O–H groups in total. The molecule has 0 bridgehead atoms. The summed E-state index contributed by atoms with van der Waals surface area (Å²) in [5.74, 6) is 1.76. The highest BCUT2D eigenvalue weighted by molar-refractivity contribution is 5.27. The molecule has 0 saturated carbocycles. The molecule has 5 nitrogen and oxygen atoms in total. The van der Waals surface area contributed by atoms with Gasteiger partial charge in [-0.05, 0) is 45.7 Å². The molecule has 0 amide bonds. The van der Waals surface area contributed by atoms with Gasteiger partial charge in [-0.25, -0.2) is 0 Å². The van der Waals surface area contributed by atoms with Crippen molar-refractivity contribution in [3.05, 3.63) is 69.4 Å². The number of aryl methyl sites for hydroxylation is 5. The first-order valence-electron chi connectivity index (χ1n) is 8.56. The van der Waals surface area contributed by atoms with Gasteiger partial charge in [0.1, 0.15) is 11.5 Å². The molecule has 0 spiro atoms. The molecule has 3 rings (SSSR count). The molecule has 2 aromatic heterocycles. The van der Waals surface area contributed by atoms with Gasteiger partial charge in [-0.2, -0.15) is 0 Å². The molecule has 0 unspecified atom stereocenters. The van der Waals surface area contributed by atoms with Gasteiger partial charge in [-0.15, -0.1) is 0 Å². The molecule has 0 saturated heterocycles. The van der Waals surface area contributed by atoms with Crippen molar-refractivity contribution in [1.82, 2.24) is 15.2 Å². The third-order valence-electron chi connectivity index (χ3n) is 4.78. The maximum Gasteiger partial charge on any atom is 0.138 e. The zero-order valence-corrected chi connectivity index (χ0v) is 15.6. The Hall–Kier alpha value is -2.40. The molecule has 0 aliphatic carbocycles. The van der Waals surface area contributed by atoms with Crippen LogP contribution in [0.25, 0.3) is 0 Å². The van der Waals surface area contributed by atoms with E-state index in [9.17, 15) is 0 Å². The summed E-state index contributed by atoms with van der Waals surface area (Å²) in [6.07, 6.45) is 0. The SMILES string of the molecule is Cc1ccccc1CN(Cc1c(C)noc1C)Cc1c(C)noc1C. The first kappa shape index (κ1) is 17.4. The lowest BCUT2D eigenvalue weighted by atomic mass is 10.1. The van der Waals surface area contributed by atoms with Gasteiger partial charge in [0.15, 0.2) is 0 Å². The molecule has 0 atom stereocenters. The minimum Gasteiger partial charge on any atom is -0.361 e. The van der Waals surface area contributed by atoms with Crippen LogP contribution in [-0.4, -0.2) is 15.2 Å². The molecule has 5 heteroatoms. The van der Waals surface area contributed by atoms with Crippen LogP contribution in [0.4, 0.5) is 0 Å². The summed E-state index contributed by atoms with van der Waals surface area (Å²) in [5, 5.41) is 8.19. The van der Waals surface area contributed by atoms with Crippen LogP contribution in [0.2, 0.25) is 0 Å². The molecule has 0 radical (unpaired) electrons. The van der Waals surface area contributed by atoms with Crippen LogP contribution in [0.15, 0.2) is 33.3 Å². The molecule has 0 aliphatic rings. The van der Waals surface area contributed by atoms with E-state index in [-0.39, 0.29) is 0 Å². The van der Waals surface area contributed by atoms with Crippen molar-refractivity contribution in [2.75, 3.05) is 0 Å². The predicted molar refractivity (Wildman–Crippen MR) is 96.1 cm³/mol. The average molecular weight is 339 g/mol. The quantitative estimate of drug-likeness (QED) is 0.666. The number of benzene rings is 1. The Morgan fingerprint density at radius 1 is 0.760 bits per heavy atom. The van der Waals surface area contributed by atoms with E-state index < -0.39 is 0 Å². The van der Waals surface area contributed by atoms with Crippen molar-refractivity contribution in [1.29, 1.82) is 0 Å². The normalized spacial score (nSPS) is 11.4. The van der Waals surface area contributed by atoms with E-state index in [1.165, 1.54) is 11.1 Å². The van der Waals surface area contributed by atoms with E-state index in [0.717, 1.165) is 53.7 Å². The number of hydrogen-bond acceptors (Lipinski definition) is 5. The Morgan fingerprint density at radius 2 is 1.28 bits per heavy atom. The van der Waals surface area contributed by atoms with Crippen LogP contribution < -0.4 is 0 Å². The largest absolute Gasteiger partial charge is 0.361 e. The summed E-state index contributed by atoms with van der Waals surface area (Å²) in [6.45, 7) is 12.5. The summed E-state index contributed by atoms with van der Waals surface area (Å²) in [4.78, 5) is 2.39. The zero-order valence-electron chi connectivity index (χ0n) is 15.6. The van der Waals surface area contributed by atoms with Crippen LogP contribution in [0, 0.1) is 34.6 Å². The molecule has 25 heavy (non-hydrogen) atoms. The average Bonchev–Trinajstić information content (AvgIpc) is 3.07. The predicted octanol–water partition coefficient (Wildman–Crippen LogP) is 4.41. The van der Waals surface area contributed by atoms with Crippen molar-refractivity contribution in [2.24, 2.45) is 0 Å². The van der Waals surface area contributed by atoms with Crippen molar-refractivity contribution < 1.29 is 9.05 Å². The molecule has 132 valence electrons. The second-order valence-electron chi connectivity index (χ2n) is 6.68. The number of aromatic nitrogens is 2. The van der Waals surface area contributed by atoms with Crippen molar-refractivity contribution in [3.63, 3.8) is 0 Å². The number of nitrogens with zero attached hydrogens (tertiary/aromatic N) is 3. The fourth-order valence-electron chi connectivity index (χ4n) is 3.10. The van der Waals surface area contributed by atoms with Gasteiger partial charge in [-0.3, -0.25) is 4.90 Å².